The minimum Gasteiger partial charge on any atom is -0.748 e. The van der Waals surface area contributed by atoms with Gasteiger partial charge in [0.1, 0.15) is 0 Å². The van der Waals surface area contributed by atoms with Gasteiger partial charge in [0.05, 0.1) is 29.8 Å². The first-order valence-corrected chi connectivity index (χ1v) is 11.6. The Morgan fingerprint density at radius 1 is 1.00 bits per heavy atom. The van der Waals surface area contributed by atoms with Crippen molar-refractivity contribution in [2.24, 2.45) is 0 Å². The van der Waals surface area contributed by atoms with Crippen LogP contribution in [0.3, 0.4) is 0 Å². The van der Waals surface area contributed by atoms with Crippen molar-refractivity contribution in [3.63, 3.8) is 0 Å². The van der Waals surface area contributed by atoms with Crippen LogP contribution in [-0.4, -0.2) is 46.4 Å². The van der Waals surface area contributed by atoms with Crippen molar-refractivity contribution in [2.45, 2.75) is 46.5 Å². The second-order valence-corrected chi connectivity index (χ2v) is 12.5. The molecule has 106 valence electrons. The molecule has 0 fully saturated rings. The third kappa shape index (κ3) is 18.6. The lowest BCUT2D eigenvalue weighted by Crippen LogP contribution is -3.11. The fourth-order valence-corrected chi connectivity index (χ4v) is 4.63. The van der Waals surface area contributed by atoms with E-state index in [-0.39, 0.29) is 5.75 Å². The fraction of sp³-hybridized carbons (Fsp3) is 1.00. The maximum atomic E-state index is 10.1. The summed E-state index contributed by atoms with van der Waals surface area (Å²) in [5, 5.41) is 0. The molecule has 4 nitrogen and oxygen atoms in total. The molecule has 0 aromatic carbocycles. The van der Waals surface area contributed by atoms with Gasteiger partial charge in [0.25, 0.3) is 0 Å². The predicted molar refractivity (Wildman–Crippen MR) is 75.3 cm³/mol. The summed E-state index contributed by atoms with van der Waals surface area (Å²) >= 11 is 0. The van der Waals surface area contributed by atoms with Crippen LogP contribution in [0.4, 0.5) is 0 Å². The Bertz CT molecular complexity index is 263. The minimum atomic E-state index is -3.97. The summed E-state index contributed by atoms with van der Waals surface area (Å²) in [6.07, 6.45) is 0. The van der Waals surface area contributed by atoms with Gasteiger partial charge in [0.2, 0.25) is 0 Å². The SMILES string of the molecule is CC[NH+](CC)CC.C[Si](C)(C)CCS(=O)(=O)[O-]. The van der Waals surface area contributed by atoms with Crippen LogP contribution in [0.1, 0.15) is 20.8 Å². The van der Waals surface area contributed by atoms with Crippen LogP contribution in [0.2, 0.25) is 25.7 Å². The maximum absolute atomic E-state index is 10.1. The summed E-state index contributed by atoms with van der Waals surface area (Å²) in [5.41, 5.74) is 0. The van der Waals surface area contributed by atoms with Crippen molar-refractivity contribution in [1.29, 1.82) is 0 Å². The van der Waals surface area contributed by atoms with Gasteiger partial charge in [-0.05, 0) is 26.8 Å². The van der Waals surface area contributed by atoms with Crippen molar-refractivity contribution in [2.75, 3.05) is 25.4 Å². The molecule has 0 unspecified atom stereocenters. The first kappa shape index (κ1) is 19.4. The normalized spacial score (nSPS) is 12.2. The Labute approximate surface area is 108 Å². The molecule has 0 aliphatic carbocycles. The van der Waals surface area contributed by atoms with Gasteiger partial charge in [-0.25, -0.2) is 8.42 Å². The molecule has 0 radical (unpaired) electrons. The topological polar surface area (TPSA) is 61.6 Å². The van der Waals surface area contributed by atoms with Crippen LogP contribution in [0, 0.1) is 0 Å². The van der Waals surface area contributed by atoms with E-state index in [0.29, 0.717) is 6.04 Å². The third-order valence-electron chi connectivity index (χ3n) is 2.60. The van der Waals surface area contributed by atoms with E-state index in [1.807, 2.05) is 19.6 Å². The van der Waals surface area contributed by atoms with Gasteiger partial charge >= 0.3 is 0 Å². The Kier molecular flexibility index (Phi) is 10.4. The van der Waals surface area contributed by atoms with Crippen molar-refractivity contribution >= 4 is 18.2 Å². The van der Waals surface area contributed by atoms with E-state index in [1.54, 1.807) is 4.90 Å². The molecule has 0 bridgehead atoms. The average molecular weight is 284 g/mol. The molecule has 6 heteroatoms. The van der Waals surface area contributed by atoms with E-state index >= 15 is 0 Å². The summed E-state index contributed by atoms with van der Waals surface area (Å²) in [6.45, 7) is 16.6. The van der Waals surface area contributed by atoms with Gasteiger partial charge in [-0.1, -0.05) is 19.6 Å². The minimum absolute atomic E-state index is 0.192. The predicted octanol–water partition coefficient (Wildman–Crippen LogP) is 0.801. The Morgan fingerprint density at radius 3 is 1.41 bits per heavy atom. The van der Waals surface area contributed by atoms with E-state index in [1.165, 1.54) is 19.6 Å². The zero-order valence-electron chi connectivity index (χ0n) is 12.2. The first-order valence-electron chi connectivity index (χ1n) is 6.32. The number of quaternary nitrogens is 1. The van der Waals surface area contributed by atoms with Gasteiger partial charge < -0.3 is 9.45 Å². The highest BCUT2D eigenvalue weighted by Crippen LogP contribution is 2.08. The van der Waals surface area contributed by atoms with Crippen LogP contribution >= 0.6 is 0 Å². The van der Waals surface area contributed by atoms with Crippen LogP contribution in [0.15, 0.2) is 0 Å². The first-order chi connectivity index (χ1) is 7.55. The summed E-state index contributed by atoms with van der Waals surface area (Å²) in [4.78, 5) is 1.68. The molecule has 0 spiro atoms. The largest absolute Gasteiger partial charge is 0.748 e. The van der Waals surface area contributed by atoms with Crippen LogP contribution in [-0.2, 0) is 10.1 Å². The molecular weight excluding hydrogens is 254 g/mol. The maximum Gasteiger partial charge on any atom is 0.0943 e. The van der Waals surface area contributed by atoms with E-state index in [4.69, 9.17) is 0 Å². The summed E-state index contributed by atoms with van der Waals surface area (Å²) < 4.78 is 30.4. The standard InChI is InChI=1S/C6H15N.C5H14O3SSi/c1-4-7(5-2)6-3;1-10(2,3)5-4-9(6,7)8/h4-6H2,1-3H3;4-5H2,1-3H3,(H,6,7,8). The van der Waals surface area contributed by atoms with Crippen LogP contribution in [0.25, 0.3) is 0 Å². The molecule has 0 atom stereocenters. The molecule has 0 aliphatic rings. The molecule has 0 saturated heterocycles. The highest BCUT2D eigenvalue weighted by molar-refractivity contribution is 7.85. The lowest BCUT2D eigenvalue weighted by Gasteiger charge is -2.16. The molecule has 0 aromatic heterocycles. The van der Waals surface area contributed by atoms with E-state index in [0.717, 1.165) is 0 Å². The van der Waals surface area contributed by atoms with Gasteiger partial charge in [-0.15, -0.1) is 0 Å². The molecular formula is C11H29NO3SSi. The Balaban J connectivity index is 0. The highest BCUT2D eigenvalue weighted by atomic mass is 32.2. The summed E-state index contributed by atoms with van der Waals surface area (Å²) in [5.74, 6) is -0.192. The van der Waals surface area contributed by atoms with Crippen LogP contribution < -0.4 is 4.90 Å². The van der Waals surface area contributed by atoms with E-state index in [9.17, 15) is 13.0 Å². The van der Waals surface area contributed by atoms with Crippen molar-refractivity contribution in [3.8, 4) is 0 Å². The second kappa shape index (κ2) is 9.07. The molecule has 0 saturated carbocycles. The molecule has 0 aliphatic heterocycles. The van der Waals surface area contributed by atoms with Crippen molar-refractivity contribution in [3.05, 3.63) is 0 Å². The molecule has 0 heterocycles. The van der Waals surface area contributed by atoms with Gasteiger partial charge in [-0.3, -0.25) is 0 Å². The number of hydrogen-bond acceptors (Lipinski definition) is 3. The molecule has 0 amide bonds. The van der Waals surface area contributed by atoms with E-state index < -0.39 is 18.2 Å². The summed E-state index contributed by atoms with van der Waals surface area (Å²) in [7, 11) is -5.32. The number of hydrogen-bond donors (Lipinski definition) is 1. The molecule has 0 rings (SSSR count). The van der Waals surface area contributed by atoms with Gasteiger partial charge in [0, 0.05) is 13.8 Å². The zero-order valence-corrected chi connectivity index (χ0v) is 14.0. The van der Waals surface area contributed by atoms with Crippen molar-refractivity contribution in [1.82, 2.24) is 0 Å². The lowest BCUT2D eigenvalue weighted by molar-refractivity contribution is -0.894. The number of nitrogens with one attached hydrogen (secondary N) is 1. The Morgan fingerprint density at radius 2 is 1.35 bits per heavy atom. The van der Waals surface area contributed by atoms with Crippen LogP contribution in [0.5, 0.6) is 0 Å². The molecule has 0 aromatic rings. The van der Waals surface area contributed by atoms with E-state index in [2.05, 4.69) is 20.8 Å². The zero-order chi connectivity index (χ0) is 14.1. The Hall–Kier alpha value is 0.0869. The smallest absolute Gasteiger partial charge is 0.0943 e. The lowest BCUT2D eigenvalue weighted by atomic mass is 10.5. The van der Waals surface area contributed by atoms with Gasteiger partial charge in [-0.2, -0.15) is 0 Å². The highest BCUT2D eigenvalue weighted by Gasteiger charge is 2.13. The summed E-state index contributed by atoms with van der Waals surface area (Å²) in [6, 6.07) is 0.568. The molecule has 1 N–H and O–H groups in total. The monoisotopic (exact) mass is 283 g/mol. The molecule has 17 heavy (non-hydrogen) atoms. The average Bonchev–Trinajstić information content (AvgIpc) is 2.17. The third-order valence-corrected chi connectivity index (χ3v) is 5.42. The van der Waals surface area contributed by atoms with Gasteiger partial charge in [0.15, 0.2) is 0 Å². The fourth-order valence-electron chi connectivity index (χ4n) is 1.18. The number of rotatable bonds is 6. The second-order valence-electron chi connectivity index (χ2n) is 5.38. The van der Waals surface area contributed by atoms with Crippen molar-refractivity contribution < 1.29 is 17.9 Å². The quantitative estimate of drug-likeness (QED) is 0.579.